The third-order valence-electron chi connectivity index (χ3n) is 7.68. The van der Waals surface area contributed by atoms with Crippen molar-refractivity contribution in [2.45, 2.75) is 49.9 Å². The van der Waals surface area contributed by atoms with Crippen molar-refractivity contribution in [2.75, 3.05) is 26.2 Å². The molecule has 0 spiro atoms. The summed E-state index contributed by atoms with van der Waals surface area (Å²) >= 11 is 0. The van der Waals surface area contributed by atoms with Gasteiger partial charge in [-0.3, -0.25) is 4.79 Å². The fraction of sp³-hybridized carbons (Fsp3) is 0.375. The van der Waals surface area contributed by atoms with Crippen LogP contribution in [0, 0.1) is 11.3 Å². The van der Waals surface area contributed by atoms with E-state index < -0.39 is 10.8 Å². The van der Waals surface area contributed by atoms with E-state index in [4.69, 9.17) is 4.74 Å². The number of unbranched alkanes of at least 4 members (excludes halogenated alkanes) is 1. The molecule has 0 atom stereocenters. The van der Waals surface area contributed by atoms with Gasteiger partial charge in [0.1, 0.15) is 5.41 Å². The second kappa shape index (κ2) is 13.2. The highest BCUT2D eigenvalue weighted by molar-refractivity contribution is 5.83. The number of hydrogen-bond acceptors (Lipinski definition) is 4. The summed E-state index contributed by atoms with van der Waals surface area (Å²) < 4.78 is 5.76. The van der Waals surface area contributed by atoms with Gasteiger partial charge in [0.05, 0.1) is 18.1 Å². The third-order valence-corrected chi connectivity index (χ3v) is 7.68. The summed E-state index contributed by atoms with van der Waals surface area (Å²) in [6, 6.07) is 33.0. The lowest BCUT2D eigenvalue weighted by Gasteiger charge is -2.41. The minimum atomic E-state index is -0.713. The minimum Gasteiger partial charge on any atom is -0.465 e. The van der Waals surface area contributed by atoms with E-state index in [1.165, 1.54) is 0 Å². The fourth-order valence-corrected chi connectivity index (χ4v) is 5.39. The van der Waals surface area contributed by atoms with E-state index in [1.54, 1.807) is 0 Å². The maximum atomic E-state index is 13.4. The van der Waals surface area contributed by atoms with Gasteiger partial charge in [-0.2, -0.15) is 5.26 Å². The minimum absolute atomic E-state index is 0. The summed E-state index contributed by atoms with van der Waals surface area (Å²) in [5.41, 5.74) is 1.78. The first-order chi connectivity index (χ1) is 17.6. The zero-order valence-corrected chi connectivity index (χ0v) is 21.7. The molecule has 1 aliphatic heterocycles. The Morgan fingerprint density at radius 1 is 0.919 bits per heavy atom. The number of benzene rings is 3. The molecule has 1 saturated heterocycles. The monoisotopic (exact) mass is 498 g/mol. The Bertz CT molecular complexity index is 1100. The first kappa shape index (κ1) is 28.1. The molecular formula is C32H38N2O3. The van der Waals surface area contributed by atoms with Gasteiger partial charge < -0.3 is 15.1 Å². The molecule has 4 rings (SSSR count). The van der Waals surface area contributed by atoms with Gasteiger partial charge in [0, 0.05) is 6.54 Å². The summed E-state index contributed by atoms with van der Waals surface area (Å²) in [5.74, 6) is -0.0956. The molecule has 0 unspecified atom stereocenters. The van der Waals surface area contributed by atoms with Crippen molar-refractivity contribution < 1.29 is 15.0 Å². The Morgan fingerprint density at radius 3 is 1.92 bits per heavy atom. The third kappa shape index (κ3) is 6.10. The lowest BCUT2D eigenvalue weighted by molar-refractivity contribution is -0.153. The van der Waals surface area contributed by atoms with E-state index in [1.807, 2.05) is 54.6 Å². The molecule has 5 nitrogen and oxygen atoms in total. The largest absolute Gasteiger partial charge is 0.465 e. The summed E-state index contributed by atoms with van der Waals surface area (Å²) in [4.78, 5) is 15.8. The van der Waals surface area contributed by atoms with Gasteiger partial charge >= 0.3 is 5.97 Å². The molecule has 0 radical (unpaired) electrons. The summed E-state index contributed by atoms with van der Waals surface area (Å²) in [6.45, 7) is 4.96. The van der Waals surface area contributed by atoms with Crippen LogP contribution in [0.25, 0.3) is 0 Å². The van der Waals surface area contributed by atoms with Crippen molar-refractivity contribution >= 4 is 5.97 Å². The van der Waals surface area contributed by atoms with Crippen LogP contribution in [0.1, 0.15) is 55.7 Å². The van der Waals surface area contributed by atoms with E-state index in [9.17, 15) is 10.1 Å². The molecule has 0 amide bonds. The maximum Gasteiger partial charge on any atom is 0.316 e. The Kier molecular flexibility index (Phi) is 10.0. The molecular weight excluding hydrogens is 460 g/mol. The van der Waals surface area contributed by atoms with Gasteiger partial charge in [-0.15, -0.1) is 0 Å². The van der Waals surface area contributed by atoms with Gasteiger partial charge in [-0.25, -0.2) is 0 Å². The lowest BCUT2D eigenvalue weighted by atomic mass is 9.71. The van der Waals surface area contributed by atoms with Crippen molar-refractivity contribution in [1.29, 1.82) is 5.26 Å². The highest BCUT2D eigenvalue weighted by atomic mass is 16.5. The molecule has 1 fully saturated rings. The molecule has 0 saturated carbocycles. The smallest absolute Gasteiger partial charge is 0.316 e. The molecule has 1 aliphatic rings. The Hall–Kier alpha value is -3.46. The Labute approximate surface area is 221 Å². The van der Waals surface area contributed by atoms with Crippen molar-refractivity contribution in [1.82, 2.24) is 4.90 Å². The number of hydrogen-bond donors (Lipinski definition) is 0. The average Bonchev–Trinajstić information content (AvgIpc) is 2.96. The number of ether oxygens (including phenoxy) is 1. The highest BCUT2D eigenvalue weighted by Crippen LogP contribution is 2.39. The van der Waals surface area contributed by atoms with Crippen molar-refractivity contribution in [3.05, 3.63) is 108 Å². The van der Waals surface area contributed by atoms with E-state index in [0.717, 1.165) is 62.0 Å². The number of carbonyl (C=O) groups is 1. The number of carbonyl (C=O) groups excluding carboxylic acids is 1. The normalized spacial score (nSPS) is 15.2. The van der Waals surface area contributed by atoms with Crippen LogP contribution in [0.3, 0.4) is 0 Å². The number of nitriles is 1. The predicted octanol–water partition coefficient (Wildman–Crippen LogP) is 5.44. The van der Waals surface area contributed by atoms with Crippen LogP contribution in [-0.2, 0) is 20.4 Å². The van der Waals surface area contributed by atoms with Crippen LogP contribution < -0.4 is 0 Å². The van der Waals surface area contributed by atoms with Crippen LogP contribution in [0.5, 0.6) is 0 Å². The zero-order chi connectivity index (χ0) is 25.3. The van der Waals surface area contributed by atoms with E-state index in [2.05, 4.69) is 54.3 Å². The van der Waals surface area contributed by atoms with Crippen molar-refractivity contribution in [2.24, 2.45) is 0 Å². The number of rotatable bonds is 10. The zero-order valence-electron chi connectivity index (χ0n) is 21.7. The first-order valence-electron chi connectivity index (χ1n) is 13.1. The van der Waals surface area contributed by atoms with Crippen LogP contribution in [-0.4, -0.2) is 42.6 Å². The molecule has 0 aromatic heterocycles. The Morgan fingerprint density at radius 2 is 1.43 bits per heavy atom. The average molecular weight is 499 g/mol. The molecule has 1 heterocycles. The van der Waals surface area contributed by atoms with Crippen LogP contribution >= 0.6 is 0 Å². The molecule has 3 aromatic carbocycles. The van der Waals surface area contributed by atoms with Crippen LogP contribution in [0.4, 0.5) is 0 Å². The van der Waals surface area contributed by atoms with Gasteiger partial charge in [-0.05, 0) is 55.5 Å². The summed E-state index contributed by atoms with van der Waals surface area (Å²) in [7, 11) is 0. The van der Waals surface area contributed by atoms with E-state index >= 15 is 0 Å². The Balaban J connectivity index is 0.00000380. The summed E-state index contributed by atoms with van der Waals surface area (Å²) in [6.07, 6.45) is 4.02. The van der Waals surface area contributed by atoms with Gasteiger partial charge in [0.15, 0.2) is 0 Å². The van der Waals surface area contributed by atoms with Gasteiger partial charge in [0.25, 0.3) is 0 Å². The molecule has 5 heteroatoms. The maximum absolute atomic E-state index is 13.4. The molecule has 194 valence electrons. The molecule has 37 heavy (non-hydrogen) atoms. The summed E-state index contributed by atoms with van der Waals surface area (Å²) in [5, 5.41) is 10.5. The second-order valence-electron chi connectivity index (χ2n) is 9.78. The molecule has 3 aromatic rings. The van der Waals surface area contributed by atoms with Crippen LogP contribution in [0.2, 0.25) is 0 Å². The topological polar surface area (TPSA) is 84.8 Å². The quantitative estimate of drug-likeness (QED) is 0.275. The number of nitrogens with zero attached hydrogens (tertiary/aromatic N) is 2. The first-order valence-corrected chi connectivity index (χ1v) is 13.1. The predicted molar refractivity (Wildman–Crippen MR) is 147 cm³/mol. The lowest BCUT2D eigenvalue weighted by Crippen LogP contribution is -2.49. The number of piperidine rings is 1. The van der Waals surface area contributed by atoms with Crippen molar-refractivity contribution in [3.8, 4) is 6.07 Å². The molecule has 0 bridgehead atoms. The standard InChI is InChI=1S/C32H36N2O2.H2O/c1-2-3-25-36-30(35)31(27-13-7-4-8-14-27)19-22-34(23-20-31)24-21-32(26-33,28-15-9-5-10-16-28)29-17-11-6-12-18-29;/h4-18H,2-3,19-25H2,1H3;1H2. The van der Waals surface area contributed by atoms with E-state index in [0.29, 0.717) is 13.0 Å². The highest BCUT2D eigenvalue weighted by Gasteiger charge is 2.44. The number of likely N-dealkylation sites (tertiary alicyclic amines) is 1. The van der Waals surface area contributed by atoms with Gasteiger partial charge in [-0.1, -0.05) is 104 Å². The number of esters is 1. The van der Waals surface area contributed by atoms with E-state index in [-0.39, 0.29) is 11.4 Å². The second-order valence-corrected chi connectivity index (χ2v) is 9.78. The SMILES string of the molecule is CCCCOC(=O)C1(c2ccccc2)CCN(CCC(C#N)(c2ccccc2)c2ccccc2)CC1.O. The van der Waals surface area contributed by atoms with Crippen molar-refractivity contribution in [3.63, 3.8) is 0 Å². The van der Waals surface area contributed by atoms with Gasteiger partial charge in [0.2, 0.25) is 0 Å². The molecule has 2 N–H and O–H groups in total. The molecule has 0 aliphatic carbocycles. The van der Waals surface area contributed by atoms with Crippen LogP contribution in [0.15, 0.2) is 91.0 Å². The fourth-order valence-electron chi connectivity index (χ4n) is 5.39.